The lowest BCUT2D eigenvalue weighted by molar-refractivity contribution is -0.384. The van der Waals surface area contributed by atoms with Gasteiger partial charge in [-0.1, -0.05) is 0 Å². The largest absolute Gasteiger partial charge is 0.497 e. The van der Waals surface area contributed by atoms with E-state index in [0.29, 0.717) is 24.4 Å². The smallest absolute Gasteiger partial charge is 0.303 e. The third kappa shape index (κ3) is 4.62. The molecule has 7 heteroatoms. The molecule has 0 saturated carbocycles. The number of benzene rings is 1. The average molecular weight is 296 g/mol. The van der Waals surface area contributed by atoms with E-state index in [4.69, 9.17) is 9.84 Å². The van der Waals surface area contributed by atoms with Crippen molar-refractivity contribution in [2.24, 2.45) is 0 Å². The van der Waals surface area contributed by atoms with Gasteiger partial charge >= 0.3 is 5.97 Å². The molecule has 0 aliphatic heterocycles. The van der Waals surface area contributed by atoms with Gasteiger partial charge in [-0.3, -0.25) is 14.9 Å². The van der Waals surface area contributed by atoms with Gasteiger partial charge in [0.25, 0.3) is 5.69 Å². The van der Waals surface area contributed by atoms with Gasteiger partial charge in [0.15, 0.2) is 0 Å². The standard InChI is InChI=1S/C14H20N2O5/c1-10(2)15(8-4-5-14(17)18)13-9-11(21-3)6-7-12(13)16(19)20/h6-7,9-10H,4-5,8H2,1-3H3,(H,17,18). The summed E-state index contributed by atoms with van der Waals surface area (Å²) in [4.78, 5) is 23.2. The van der Waals surface area contributed by atoms with Gasteiger partial charge in [0, 0.05) is 31.1 Å². The van der Waals surface area contributed by atoms with Gasteiger partial charge in [-0.25, -0.2) is 0 Å². The number of rotatable bonds is 8. The number of anilines is 1. The zero-order chi connectivity index (χ0) is 16.0. The van der Waals surface area contributed by atoms with Crippen LogP contribution in [0.15, 0.2) is 18.2 Å². The molecule has 1 rings (SSSR count). The molecule has 0 aliphatic rings. The Hall–Kier alpha value is -2.31. The van der Waals surface area contributed by atoms with Crippen molar-refractivity contribution in [3.05, 3.63) is 28.3 Å². The Morgan fingerprint density at radius 2 is 2.14 bits per heavy atom. The second-order valence-electron chi connectivity index (χ2n) is 4.90. The summed E-state index contributed by atoms with van der Waals surface area (Å²) in [5.74, 6) is -0.349. The number of hydrogen-bond donors (Lipinski definition) is 1. The van der Waals surface area contributed by atoms with E-state index in [2.05, 4.69) is 0 Å². The van der Waals surface area contributed by atoms with Crippen molar-refractivity contribution < 1.29 is 19.6 Å². The first-order valence-corrected chi connectivity index (χ1v) is 6.67. The van der Waals surface area contributed by atoms with Gasteiger partial charge < -0.3 is 14.7 Å². The number of carbonyl (C=O) groups is 1. The summed E-state index contributed by atoms with van der Waals surface area (Å²) in [5, 5.41) is 19.9. The molecule has 0 amide bonds. The molecule has 0 heterocycles. The first-order chi connectivity index (χ1) is 9.86. The van der Waals surface area contributed by atoms with Crippen LogP contribution in [0.4, 0.5) is 11.4 Å². The summed E-state index contributed by atoms with van der Waals surface area (Å²) in [6.07, 6.45) is 0.447. The normalized spacial score (nSPS) is 10.5. The van der Waals surface area contributed by atoms with E-state index < -0.39 is 10.9 Å². The summed E-state index contributed by atoms with van der Waals surface area (Å²) >= 11 is 0. The third-order valence-corrected chi connectivity index (χ3v) is 3.10. The number of carboxylic acid groups (broad SMARTS) is 1. The summed E-state index contributed by atoms with van der Waals surface area (Å²) in [6, 6.07) is 4.56. The number of nitrogens with zero attached hydrogens (tertiary/aromatic N) is 2. The minimum atomic E-state index is -0.876. The fourth-order valence-corrected chi connectivity index (χ4v) is 2.07. The highest BCUT2D eigenvalue weighted by Gasteiger charge is 2.22. The van der Waals surface area contributed by atoms with Crippen LogP contribution in [0.5, 0.6) is 5.75 Å². The third-order valence-electron chi connectivity index (χ3n) is 3.10. The van der Waals surface area contributed by atoms with Crippen LogP contribution in [0.1, 0.15) is 26.7 Å². The van der Waals surface area contributed by atoms with Crippen LogP contribution < -0.4 is 9.64 Å². The van der Waals surface area contributed by atoms with E-state index in [1.165, 1.54) is 19.2 Å². The maximum Gasteiger partial charge on any atom is 0.303 e. The monoisotopic (exact) mass is 296 g/mol. The summed E-state index contributed by atoms with van der Waals surface area (Å²) in [6.45, 7) is 4.24. The van der Waals surface area contributed by atoms with Crippen molar-refractivity contribution in [1.29, 1.82) is 0 Å². The lowest BCUT2D eigenvalue weighted by Crippen LogP contribution is -2.32. The van der Waals surface area contributed by atoms with Crippen molar-refractivity contribution in [3.63, 3.8) is 0 Å². The van der Waals surface area contributed by atoms with Crippen molar-refractivity contribution in [3.8, 4) is 5.75 Å². The minimum Gasteiger partial charge on any atom is -0.497 e. The molecule has 1 N–H and O–H groups in total. The molecule has 0 unspecified atom stereocenters. The molecular weight excluding hydrogens is 276 g/mol. The second-order valence-corrected chi connectivity index (χ2v) is 4.90. The van der Waals surface area contributed by atoms with Gasteiger partial charge in [0.1, 0.15) is 11.4 Å². The van der Waals surface area contributed by atoms with Crippen LogP contribution in [0.25, 0.3) is 0 Å². The maximum atomic E-state index is 11.2. The Morgan fingerprint density at radius 1 is 1.48 bits per heavy atom. The first kappa shape index (κ1) is 16.7. The Bertz CT molecular complexity index is 516. The summed E-state index contributed by atoms with van der Waals surface area (Å²) < 4.78 is 5.12. The lowest BCUT2D eigenvalue weighted by atomic mass is 10.1. The highest BCUT2D eigenvalue weighted by molar-refractivity contribution is 5.68. The predicted octanol–water partition coefficient (Wildman–Crippen LogP) is 2.68. The van der Waals surface area contributed by atoms with Gasteiger partial charge in [0.2, 0.25) is 0 Å². The van der Waals surface area contributed by atoms with Gasteiger partial charge in [-0.2, -0.15) is 0 Å². The van der Waals surface area contributed by atoms with Gasteiger partial charge in [0.05, 0.1) is 12.0 Å². The minimum absolute atomic E-state index is 0.00426. The number of methoxy groups -OCH3 is 1. The number of aliphatic carboxylic acids is 1. The van der Waals surface area contributed by atoms with Crippen molar-refractivity contribution >= 4 is 17.3 Å². The fourth-order valence-electron chi connectivity index (χ4n) is 2.07. The average Bonchev–Trinajstić information content (AvgIpc) is 2.42. The van der Waals surface area contributed by atoms with E-state index in [0.717, 1.165) is 0 Å². The maximum absolute atomic E-state index is 11.2. The van der Waals surface area contributed by atoms with Crippen LogP contribution in [0, 0.1) is 10.1 Å². The number of nitro groups is 1. The van der Waals surface area contributed by atoms with E-state index in [9.17, 15) is 14.9 Å². The molecule has 0 saturated heterocycles. The molecule has 0 fully saturated rings. The molecule has 0 aliphatic carbocycles. The molecule has 116 valence electrons. The highest BCUT2D eigenvalue weighted by atomic mass is 16.6. The molecule has 1 aromatic rings. The van der Waals surface area contributed by atoms with E-state index in [1.54, 1.807) is 6.07 Å². The topological polar surface area (TPSA) is 92.9 Å². The van der Waals surface area contributed by atoms with Crippen molar-refractivity contribution in [2.45, 2.75) is 32.7 Å². The van der Waals surface area contributed by atoms with Crippen LogP contribution >= 0.6 is 0 Å². The molecule has 0 radical (unpaired) electrons. The summed E-state index contributed by atoms with van der Waals surface area (Å²) in [7, 11) is 1.50. The van der Waals surface area contributed by atoms with E-state index in [-0.39, 0.29) is 18.2 Å². The molecule has 0 spiro atoms. The fraction of sp³-hybridized carbons (Fsp3) is 0.500. The second kappa shape index (κ2) is 7.47. The molecule has 7 nitrogen and oxygen atoms in total. The van der Waals surface area contributed by atoms with Crippen LogP contribution in [-0.4, -0.2) is 35.7 Å². The van der Waals surface area contributed by atoms with Gasteiger partial charge in [-0.15, -0.1) is 0 Å². The predicted molar refractivity (Wildman–Crippen MR) is 79.0 cm³/mol. The van der Waals surface area contributed by atoms with E-state index in [1.807, 2.05) is 18.7 Å². The summed E-state index contributed by atoms with van der Waals surface area (Å²) in [5.41, 5.74) is 0.430. The van der Waals surface area contributed by atoms with E-state index >= 15 is 0 Å². The van der Waals surface area contributed by atoms with Crippen LogP contribution in [0.2, 0.25) is 0 Å². The van der Waals surface area contributed by atoms with Gasteiger partial charge in [-0.05, 0) is 26.3 Å². The number of hydrogen-bond acceptors (Lipinski definition) is 5. The van der Waals surface area contributed by atoms with Crippen LogP contribution in [-0.2, 0) is 4.79 Å². The molecule has 1 aromatic carbocycles. The Morgan fingerprint density at radius 3 is 2.62 bits per heavy atom. The first-order valence-electron chi connectivity index (χ1n) is 6.67. The van der Waals surface area contributed by atoms with Crippen LogP contribution in [0.3, 0.4) is 0 Å². The zero-order valence-electron chi connectivity index (χ0n) is 12.4. The van der Waals surface area contributed by atoms with Crippen molar-refractivity contribution in [2.75, 3.05) is 18.6 Å². The molecule has 0 aromatic heterocycles. The zero-order valence-corrected chi connectivity index (χ0v) is 12.4. The van der Waals surface area contributed by atoms with Crippen molar-refractivity contribution in [1.82, 2.24) is 0 Å². The molecule has 0 atom stereocenters. The Balaban J connectivity index is 3.10. The Labute approximate surface area is 123 Å². The SMILES string of the molecule is COc1ccc([N+](=O)[O-])c(N(CCCC(=O)O)C(C)C)c1. The Kier molecular flexibility index (Phi) is 5.95. The number of nitro benzene ring substituents is 1. The lowest BCUT2D eigenvalue weighted by Gasteiger charge is -2.28. The molecule has 21 heavy (non-hydrogen) atoms. The molecule has 0 bridgehead atoms. The number of ether oxygens (including phenoxy) is 1. The highest BCUT2D eigenvalue weighted by Crippen LogP contribution is 2.33. The quantitative estimate of drug-likeness (QED) is 0.585. The molecular formula is C14H20N2O5. The number of carboxylic acids is 1.